The second-order valence-electron chi connectivity index (χ2n) is 3.38. The van der Waals surface area contributed by atoms with Crippen molar-refractivity contribution in [3.63, 3.8) is 0 Å². The molecule has 0 aromatic heterocycles. The topological polar surface area (TPSA) is 23.8 Å². The van der Waals surface area contributed by atoms with Crippen molar-refractivity contribution in [2.24, 2.45) is 0 Å². The maximum atomic E-state index is 13.9. The van der Waals surface area contributed by atoms with Crippen LogP contribution in [-0.4, -0.2) is 0 Å². The summed E-state index contributed by atoms with van der Waals surface area (Å²) in [4.78, 5) is 0.610. The first kappa shape index (κ1) is 13.1. The average molecular weight is 326 g/mol. The Morgan fingerprint density at radius 3 is 2.44 bits per heavy atom. The van der Waals surface area contributed by atoms with Gasteiger partial charge in [0.25, 0.3) is 0 Å². The van der Waals surface area contributed by atoms with Crippen LogP contribution in [0.3, 0.4) is 0 Å². The van der Waals surface area contributed by atoms with Crippen molar-refractivity contribution in [3.8, 4) is 6.07 Å². The van der Waals surface area contributed by atoms with Gasteiger partial charge in [0.15, 0.2) is 5.82 Å². The standard InChI is InChI=1S/C13H6BrF2NS/c14-12-8(7-17)5-6-11(13(12)16)18-10-4-2-1-3-9(10)15/h1-6H. The predicted molar refractivity (Wildman–Crippen MR) is 69.3 cm³/mol. The minimum atomic E-state index is -0.553. The molecule has 2 aromatic carbocycles. The van der Waals surface area contributed by atoms with Gasteiger partial charge in [-0.2, -0.15) is 5.26 Å². The lowest BCUT2D eigenvalue weighted by molar-refractivity contribution is 0.591. The first-order chi connectivity index (χ1) is 8.63. The molecular formula is C13H6BrF2NS. The summed E-state index contributed by atoms with van der Waals surface area (Å²) in [6.07, 6.45) is 0. The van der Waals surface area contributed by atoms with E-state index in [-0.39, 0.29) is 14.9 Å². The average Bonchev–Trinajstić information content (AvgIpc) is 2.38. The summed E-state index contributed by atoms with van der Waals surface area (Å²) in [5, 5.41) is 8.75. The van der Waals surface area contributed by atoms with Crippen LogP contribution in [0.5, 0.6) is 0 Å². The molecule has 0 radical (unpaired) electrons. The normalized spacial score (nSPS) is 10.1. The molecule has 0 spiro atoms. The molecule has 5 heteroatoms. The Kier molecular flexibility index (Phi) is 4.00. The Bertz CT molecular complexity index is 637. The second-order valence-corrected chi connectivity index (χ2v) is 5.26. The first-order valence-corrected chi connectivity index (χ1v) is 6.55. The van der Waals surface area contributed by atoms with Crippen LogP contribution in [0, 0.1) is 23.0 Å². The van der Waals surface area contributed by atoms with Gasteiger partial charge < -0.3 is 0 Å². The molecule has 0 N–H and O–H groups in total. The number of rotatable bonds is 2. The zero-order valence-electron chi connectivity index (χ0n) is 8.95. The van der Waals surface area contributed by atoms with Crippen LogP contribution in [0.2, 0.25) is 0 Å². The molecule has 0 heterocycles. The fourth-order valence-corrected chi connectivity index (χ4v) is 2.79. The van der Waals surface area contributed by atoms with E-state index < -0.39 is 11.6 Å². The molecule has 1 nitrogen and oxygen atoms in total. The Labute approximate surface area is 116 Å². The Hall–Kier alpha value is -1.38. The van der Waals surface area contributed by atoms with E-state index in [0.29, 0.717) is 4.90 Å². The number of halogens is 3. The Morgan fingerprint density at radius 2 is 1.78 bits per heavy atom. The largest absolute Gasteiger partial charge is 0.206 e. The second kappa shape index (κ2) is 5.51. The zero-order valence-corrected chi connectivity index (χ0v) is 11.4. The number of nitrogens with zero attached hydrogens (tertiary/aromatic N) is 1. The fourth-order valence-electron chi connectivity index (χ4n) is 1.34. The number of hydrogen-bond acceptors (Lipinski definition) is 2. The maximum absolute atomic E-state index is 13.9. The Morgan fingerprint density at radius 1 is 1.06 bits per heavy atom. The van der Waals surface area contributed by atoms with E-state index in [1.807, 2.05) is 6.07 Å². The lowest BCUT2D eigenvalue weighted by atomic mass is 10.2. The highest BCUT2D eigenvalue weighted by Gasteiger charge is 2.13. The van der Waals surface area contributed by atoms with Crippen molar-refractivity contribution in [2.45, 2.75) is 9.79 Å². The summed E-state index contributed by atoms with van der Waals surface area (Å²) < 4.78 is 27.5. The Balaban J connectivity index is 2.40. The van der Waals surface area contributed by atoms with Crippen LogP contribution in [-0.2, 0) is 0 Å². The van der Waals surface area contributed by atoms with Gasteiger partial charge >= 0.3 is 0 Å². The van der Waals surface area contributed by atoms with E-state index in [9.17, 15) is 8.78 Å². The van der Waals surface area contributed by atoms with Gasteiger partial charge in [0.1, 0.15) is 11.9 Å². The van der Waals surface area contributed by atoms with Crippen LogP contribution >= 0.6 is 27.7 Å². The third-order valence-corrected chi connectivity index (χ3v) is 4.09. The van der Waals surface area contributed by atoms with E-state index in [4.69, 9.17) is 5.26 Å². The van der Waals surface area contributed by atoms with Gasteiger partial charge in [-0.05, 0) is 40.2 Å². The molecule has 0 amide bonds. The number of nitriles is 1. The SMILES string of the molecule is N#Cc1ccc(Sc2ccccc2F)c(F)c1Br. The molecule has 2 rings (SSSR count). The van der Waals surface area contributed by atoms with Gasteiger partial charge in [-0.1, -0.05) is 23.9 Å². The zero-order chi connectivity index (χ0) is 13.1. The summed E-state index contributed by atoms with van der Waals surface area (Å²) in [6, 6.07) is 11.0. The van der Waals surface area contributed by atoms with Gasteiger partial charge in [0, 0.05) is 9.79 Å². The van der Waals surface area contributed by atoms with E-state index in [2.05, 4.69) is 15.9 Å². The van der Waals surface area contributed by atoms with Gasteiger partial charge in [-0.15, -0.1) is 0 Å². The monoisotopic (exact) mass is 325 g/mol. The highest BCUT2D eigenvalue weighted by molar-refractivity contribution is 9.10. The first-order valence-electron chi connectivity index (χ1n) is 4.94. The van der Waals surface area contributed by atoms with Crippen LogP contribution in [0.25, 0.3) is 0 Å². The molecule has 0 saturated heterocycles. The van der Waals surface area contributed by atoms with E-state index in [0.717, 1.165) is 11.8 Å². The van der Waals surface area contributed by atoms with Crippen molar-refractivity contribution >= 4 is 27.7 Å². The molecule has 18 heavy (non-hydrogen) atoms. The molecule has 0 aliphatic heterocycles. The summed E-state index contributed by atoms with van der Waals surface area (Å²) in [7, 11) is 0. The molecule has 0 bridgehead atoms. The van der Waals surface area contributed by atoms with Crippen molar-refractivity contribution in [1.29, 1.82) is 5.26 Å². The molecule has 0 atom stereocenters. The van der Waals surface area contributed by atoms with Crippen LogP contribution in [0.15, 0.2) is 50.7 Å². The third kappa shape index (κ3) is 2.55. The van der Waals surface area contributed by atoms with Gasteiger partial charge in [-0.25, -0.2) is 8.78 Å². The highest BCUT2D eigenvalue weighted by Crippen LogP contribution is 2.35. The molecule has 90 valence electrons. The smallest absolute Gasteiger partial charge is 0.152 e. The van der Waals surface area contributed by atoms with Crippen LogP contribution < -0.4 is 0 Å². The van der Waals surface area contributed by atoms with Gasteiger partial charge in [0.2, 0.25) is 0 Å². The quantitative estimate of drug-likeness (QED) is 0.795. The lowest BCUT2D eigenvalue weighted by Crippen LogP contribution is -1.88. The summed E-state index contributed by atoms with van der Waals surface area (Å²) >= 11 is 4.00. The van der Waals surface area contributed by atoms with Gasteiger partial charge in [0.05, 0.1) is 10.0 Å². The molecule has 0 fully saturated rings. The fraction of sp³-hybridized carbons (Fsp3) is 0. The van der Waals surface area contributed by atoms with Crippen molar-refractivity contribution < 1.29 is 8.78 Å². The van der Waals surface area contributed by atoms with Gasteiger partial charge in [-0.3, -0.25) is 0 Å². The number of hydrogen-bond donors (Lipinski definition) is 0. The molecule has 2 aromatic rings. The summed E-state index contributed by atoms with van der Waals surface area (Å²) in [6.45, 7) is 0. The van der Waals surface area contributed by atoms with E-state index in [1.54, 1.807) is 18.2 Å². The lowest BCUT2D eigenvalue weighted by Gasteiger charge is -2.06. The van der Waals surface area contributed by atoms with Crippen LogP contribution in [0.4, 0.5) is 8.78 Å². The van der Waals surface area contributed by atoms with E-state index in [1.165, 1.54) is 18.2 Å². The number of benzene rings is 2. The summed E-state index contributed by atoms with van der Waals surface area (Å²) in [5.41, 5.74) is 0.213. The molecule has 0 aliphatic carbocycles. The van der Waals surface area contributed by atoms with Crippen molar-refractivity contribution in [3.05, 3.63) is 58.1 Å². The van der Waals surface area contributed by atoms with E-state index >= 15 is 0 Å². The molecule has 0 unspecified atom stereocenters. The third-order valence-electron chi connectivity index (χ3n) is 2.22. The highest BCUT2D eigenvalue weighted by atomic mass is 79.9. The van der Waals surface area contributed by atoms with Crippen molar-refractivity contribution in [1.82, 2.24) is 0 Å². The van der Waals surface area contributed by atoms with Crippen molar-refractivity contribution in [2.75, 3.05) is 0 Å². The maximum Gasteiger partial charge on any atom is 0.152 e. The molecule has 0 saturated carbocycles. The predicted octanol–water partition coefficient (Wildman–Crippen LogP) is 4.75. The summed E-state index contributed by atoms with van der Waals surface area (Å²) in [5.74, 6) is -0.954. The molecular weight excluding hydrogens is 320 g/mol. The van der Waals surface area contributed by atoms with Crippen LogP contribution in [0.1, 0.15) is 5.56 Å². The molecule has 0 aliphatic rings. The minimum Gasteiger partial charge on any atom is -0.206 e. The minimum absolute atomic E-state index is 0.103.